The second kappa shape index (κ2) is 15.1. The number of nitrogens with two attached hydrogens (primary N) is 2. The van der Waals surface area contributed by atoms with Gasteiger partial charge in [0.2, 0.25) is 0 Å². The molecule has 122 valence electrons. The predicted molar refractivity (Wildman–Crippen MR) is 73.4 cm³/mol. The highest BCUT2D eigenvalue weighted by molar-refractivity contribution is 4.68. The van der Waals surface area contributed by atoms with Gasteiger partial charge in [-0.3, -0.25) is 0 Å². The first-order valence-electron chi connectivity index (χ1n) is 6.79. The van der Waals surface area contributed by atoms with Gasteiger partial charge in [0.1, 0.15) is 12.2 Å². The lowest BCUT2D eigenvalue weighted by atomic mass is 10.5. The van der Waals surface area contributed by atoms with Gasteiger partial charge in [-0.25, -0.2) is 0 Å². The number of hydrogen-bond donors (Lipinski definition) is 4. The van der Waals surface area contributed by atoms with Crippen LogP contribution < -0.4 is 11.5 Å². The van der Waals surface area contributed by atoms with Crippen LogP contribution in [0.5, 0.6) is 0 Å². The maximum atomic E-state index is 7.75. The largest absolute Gasteiger partial charge is 0.395 e. The summed E-state index contributed by atoms with van der Waals surface area (Å²) in [4.78, 5) is 0. The highest BCUT2D eigenvalue weighted by Crippen LogP contribution is 2.09. The summed E-state index contributed by atoms with van der Waals surface area (Å²) in [5.74, 6) is 0. The van der Waals surface area contributed by atoms with Crippen LogP contribution >= 0.6 is 0 Å². The van der Waals surface area contributed by atoms with Gasteiger partial charge in [-0.05, 0) is 0 Å². The Balaban J connectivity index is 0.000000380. The molecule has 2 aliphatic heterocycles. The Morgan fingerprint density at radius 3 is 1.35 bits per heavy atom. The van der Waals surface area contributed by atoms with Gasteiger partial charge in [0.05, 0.1) is 52.9 Å². The van der Waals surface area contributed by atoms with E-state index in [0.29, 0.717) is 51.7 Å². The van der Waals surface area contributed by atoms with Crippen LogP contribution in [0.2, 0.25) is 0 Å². The summed E-state index contributed by atoms with van der Waals surface area (Å²) in [6.07, 6.45) is 0.716. The molecule has 2 saturated heterocycles. The molecular weight excluding hydrogens is 268 g/mol. The maximum absolute atomic E-state index is 7.75. The Morgan fingerprint density at radius 1 is 0.850 bits per heavy atom. The molecule has 2 fully saturated rings. The van der Waals surface area contributed by atoms with E-state index in [4.69, 9.17) is 40.6 Å². The Kier molecular flexibility index (Phi) is 14.8. The van der Waals surface area contributed by atoms with Crippen LogP contribution in [-0.2, 0) is 18.9 Å². The zero-order valence-corrected chi connectivity index (χ0v) is 11.9. The van der Waals surface area contributed by atoms with Gasteiger partial charge in [0.15, 0.2) is 0 Å². The summed E-state index contributed by atoms with van der Waals surface area (Å²) in [5, 5.41) is 15.5. The van der Waals surface area contributed by atoms with Gasteiger partial charge in [-0.2, -0.15) is 0 Å². The van der Waals surface area contributed by atoms with Crippen LogP contribution in [0.25, 0.3) is 0 Å². The predicted octanol–water partition coefficient (Wildman–Crippen LogP) is -2.31. The number of hydrogen-bond acceptors (Lipinski definition) is 8. The van der Waals surface area contributed by atoms with Crippen LogP contribution in [0.15, 0.2) is 0 Å². The first-order valence-corrected chi connectivity index (χ1v) is 6.79. The molecule has 8 nitrogen and oxygen atoms in total. The molecule has 0 spiro atoms. The fraction of sp³-hybridized carbons (Fsp3) is 1.00. The molecule has 0 radical (unpaired) electrons. The van der Waals surface area contributed by atoms with Gasteiger partial charge in [-0.1, -0.05) is 0 Å². The summed E-state index contributed by atoms with van der Waals surface area (Å²) in [6, 6.07) is 0. The lowest BCUT2D eigenvalue weighted by Gasteiger charge is -2.02. The Labute approximate surface area is 119 Å². The van der Waals surface area contributed by atoms with E-state index >= 15 is 0 Å². The average Bonchev–Trinajstić information content (AvgIpc) is 3.37. The van der Waals surface area contributed by atoms with Gasteiger partial charge in [0.25, 0.3) is 0 Å². The molecule has 6 N–H and O–H groups in total. The molecule has 0 saturated carbocycles. The molecule has 0 aromatic heterocycles. The number of aliphatic hydroxyl groups is 2. The van der Waals surface area contributed by atoms with Gasteiger partial charge < -0.3 is 40.6 Å². The summed E-state index contributed by atoms with van der Waals surface area (Å²) in [6.45, 7) is 5.40. The molecule has 0 bridgehead atoms. The Hall–Kier alpha value is -0.320. The van der Waals surface area contributed by atoms with E-state index in [-0.39, 0.29) is 13.2 Å². The fourth-order valence-electron chi connectivity index (χ4n) is 0.876. The summed E-state index contributed by atoms with van der Waals surface area (Å²) >= 11 is 0. The minimum absolute atomic E-state index is 0.0972. The molecule has 0 amide bonds. The summed E-state index contributed by atoms with van der Waals surface area (Å²) < 4.78 is 20.5. The van der Waals surface area contributed by atoms with Crippen LogP contribution in [0.1, 0.15) is 0 Å². The number of aliphatic hydroxyl groups excluding tert-OH is 2. The topological polar surface area (TPSA) is 136 Å². The molecular formula is C12H28N2O6. The van der Waals surface area contributed by atoms with Crippen molar-refractivity contribution in [3.8, 4) is 0 Å². The van der Waals surface area contributed by atoms with Crippen molar-refractivity contribution < 1.29 is 29.2 Å². The van der Waals surface area contributed by atoms with E-state index in [0.717, 1.165) is 13.2 Å². The highest BCUT2D eigenvalue weighted by atomic mass is 16.6. The highest BCUT2D eigenvalue weighted by Gasteiger charge is 2.23. The molecule has 20 heavy (non-hydrogen) atoms. The van der Waals surface area contributed by atoms with E-state index in [2.05, 4.69) is 0 Å². The standard InChI is InChI=1S/C8H14O4.2C2H7NO/c1(9-3-7-5-11-7)2-10-4-8-6-12-8;2*3-1-2-4/h7-8H,1-6H2;2*4H,1-3H2. The van der Waals surface area contributed by atoms with Crippen molar-refractivity contribution in [2.75, 3.05) is 65.9 Å². The van der Waals surface area contributed by atoms with Crippen molar-refractivity contribution >= 4 is 0 Å². The third-order valence-corrected chi connectivity index (χ3v) is 2.04. The minimum Gasteiger partial charge on any atom is -0.395 e. The molecule has 0 aromatic carbocycles. The molecule has 2 aliphatic rings. The fourth-order valence-corrected chi connectivity index (χ4v) is 0.876. The van der Waals surface area contributed by atoms with Crippen molar-refractivity contribution in [2.24, 2.45) is 11.5 Å². The van der Waals surface area contributed by atoms with E-state index < -0.39 is 0 Å². The summed E-state index contributed by atoms with van der Waals surface area (Å²) in [5.41, 5.74) is 9.56. The normalized spacial score (nSPS) is 22.2. The second-order valence-corrected chi connectivity index (χ2v) is 4.09. The number of rotatable bonds is 9. The molecule has 2 atom stereocenters. The number of epoxide rings is 2. The van der Waals surface area contributed by atoms with E-state index in [1.807, 2.05) is 0 Å². The quantitative estimate of drug-likeness (QED) is 0.275. The Morgan fingerprint density at radius 2 is 1.15 bits per heavy atom. The first kappa shape index (κ1) is 19.7. The first-order chi connectivity index (χ1) is 9.78. The zero-order chi connectivity index (χ0) is 15.1. The second-order valence-electron chi connectivity index (χ2n) is 4.09. The monoisotopic (exact) mass is 296 g/mol. The SMILES string of the molecule is C(COCC1CO1)OCC1CO1.NCCO.NCCO. The molecule has 2 heterocycles. The van der Waals surface area contributed by atoms with Crippen molar-refractivity contribution in [1.29, 1.82) is 0 Å². The van der Waals surface area contributed by atoms with Gasteiger partial charge >= 0.3 is 0 Å². The van der Waals surface area contributed by atoms with Crippen LogP contribution in [0.3, 0.4) is 0 Å². The Bertz CT molecular complexity index is 167. The van der Waals surface area contributed by atoms with E-state index in [1.165, 1.54) is 0 Å². The molecule has 2 rings (SSSR count). The van der Waals surface area contributed by atoms with Crippen LogP contribution in [0.4, 0.5) is 0 Å². The zero-order valence-electron chi connectivity index (χ0n) is 11.9. The van der Waals surface area contributed by atoms with Gasteiger partial charge in [0, 0.05) is 13.1 Å². The molecule has 8 heteroatoms. The van der Waals surface area contributed by atoms with Crippen molar-refractivity contribution in [2.45, 2.75) is 12.2 Å². The average molecular weight is 296 g/mol. The lowest BCUT2D eigenvalue weighted by Crippen LogP contribution is -2.10. The van der Waals surface area contributed by atoms with Crippen molar-refractivity contribution in [3.05, 3.63) is 0 Å². The molecule has 0 aliphatic carbocycles. The van der Waals surface area contributed by atoms with Crippen molar-refractivity contribution in [3.63, 3.8) is 0 Å². The van der Waals surface area contributed by atoms with E-state index in [9.17, 15) is 0 Å². The third kappa shape index (κ3) is 17.7. The van der Waals surface area contributed by atoms with Crippen molar-refractivity contribution in [1.82, 2.24) is 0 Å². The smallest absolute Gasteiger partial charge is 0.104 e. The van der Waals surface area contributed by atoms with E-state index in [1.54, 1.807) is 0 Å². The third-order valence-electron chi connectivity index (χ3n) is 2.04. The molecule has 0 aromatic rings. The van der Waals surface area contributed by atoms with Crippen LogP contribution in [0, 0.1) is 0 Å². The summed E-state index contributed by atoms with van der Waals surface area (Å²) in [7, 11) is 0. The number of ether oxygens (including phenoxy) is 4. The molecule has 2 unspecified atom stereocenters. The minimum atomic E-state index is 0.0972. The van der Waals surface area contributed by atoms with Gasteiger partial charge in [-0.15, -0.1) is 0 Å². The lowest BCUT2D eigenvalue weighted by molar-refractivity contribution is 0.0366. The maximum Gasteiger partial charge on any atom is 0.104 e. The van der Waals surface area contributed by atoms with Crippen LogP contribution in [-0.4, -0.2) is 88.4 Å².